The first-order valence-electron chi connectivity index (χ1n) is 7.72. The van der Waals surface area contributed by atoms with Gasteiger partial charge in [-0.1, -0.05) is 34.1 Å². The monoisotopic (exact) mass is 268 g/mol. The Hall–Kier alpha value is -0.610. The number of nitrogens with one attached hydrogen (secondary N) is 1. The number of ether oxygens (including phenoxy) is 1. The van der Waals surface area contributed by atoms with Gasteiger partial charge in [-0.25, -0.2) is 0 Å². The van der Waals surface area contributed by atoms with E-state index in [9.17, 15) is 4.79 Å². The van der Waals surface area contributed by atoms with Crippen molar-refractivity contribution in [2.24, 2.45) is 11.8 Å². The number of rotatable bonds is 4. The number of carbonyl (C=O) groups is 1. The number of amides is 1. The molecule has 4 atom stereocenters. The molecule has 2 heterocycles. The van der Waals surface area contributed by atoms with Crippen molar-refractivity contribution in [1.29, 1.82) is 0 Å². The van der Waals surface area contributed by atoms with Crippen LogP contribution in [-0.2, 0) is 9.53 Å². The third kappa shape index (κ3) is 2.95. The summed E-state index contributed by atoms with van der Waals surface area (Å²) in [4.78, 5) is 14.8. The Bertz CT molecular complexity index is 313. The zero-order chi connectivity index (χ0) is 14.0. The molecule has 2 saturated heterocycles. The molecule has 0 spiro atoms. The van der Waals surface area contributed by atoms with Gasteiger partial charge in [-0.3, -0.25) is 10.1 Å². The fraction of sp³-hybridized carbons (Fsp3) is 0.933. The molecule has 0 aliphatic carbocycles. The molecule has 2 fully saturated rings. The van der Waals surface area contributed by atoms with Gasteiger partial charge in [-0.05, 0) is 24.7 Å². The van der Waals surface area contributed by atoms with Crippen molar-refractivity contribution in [3.05, 3.63) is 0 Å². The maximum Gasteiger partial charge on any atom is 0.241 e. The summed E-state index contributed by atoms with van der Waals surface area (Å²) in [6, 6.07) is 0.245. The third-order valence-corrected chi connectivity index (χ3v) is 4.54. The summed E-state index contributed by atoms with van der Waals surface area (Å²) in [5.41, 5.74) is 0. The van der Waals surface area contributed by atoms with Crippen molar-refractivity contribution in [3.8, 4) is 0 Å². The smallest absolute Gasteiger partial charge is 0.241 e. The fourth-order valence-electron chi connectivity index (χ4n) is 3.14. The van der Waals surface area contributed by atoms with Crippen molar-refractivity contribution in [2.75, 3.05) is 13.2 Å². The molecule has 2 aliphatic rings. The van der Waals surface area contributed by atoms with Crippen LogP contribution in [-0.4, -0.2) is 42.3 Å². The fourth-order valence-corrected chi connectivity index (χ4v) is 3.14. The highest BCUT2D eigenvalue weighted by molar-refractivity contribution is 5.85. The van der Waals surface area contributed by atoms with Gasteiger partial charge in [0.25, 0.3) is 0 Å². The summed E-state index contributed by atoms with van der Waals surface area (Å²) in [6.45, 7) is 10.2. The number of hydrogen-bond acceptors (Lipinski definition) is 3. The first kappa shape index (κ1) is 14.8. The van der Waals surface area contributed by atoms with Crippen LogP contribution in [0.4, 0.5) is 0 Å². The zero-order valence-electron chi connectivity index (χ0n) is 12.7. The Morgan fingerprint density at radius 1 is 1.42 bits per heavy atom. The van der Waals surface area contributed by atoms with Crippen molar-refractivity contribution in [1.82, 2.24) is 10.2 Å². The van der Waals surface area contributed by atoms with Crippen LogP contribution in [0.5, 0.6) is 0 Å². The Kier molecular flexibility index (Phi) is 4.85. The summed E-state index contributed by atoms with van der Waals surface area (Å²) in [7, 11) is 0. The van der Waals surface area contributed by atoms with E-state index < -0.39 is 0 Å². The minimum Gasteiger partial charge on any atom is -0.379 e. The molecule has 4 unspecified atom stereocenters. The summed E-state index contributed by atoms with van der Waals surface area (Å²) < 4.78 is 5.57. The van der Waals surface area contributed by atoms with E-state index in [1.165, 1.54) is 0 Å². The van der Waals surface area contributed by atoms with E-state index in [-0.39, 0.29) is 24.2 Å². The summed E-state index contributed by atoms with van der Waals surface area (Å²) in [5, 5.41) is 3.56. The normalized spacial score (nSPS) is 34.1. The van der Waals surface area contributed by atoms with Crippen molar-refractivity contribution in [2.45, 2.75) is 65.2 Å². The molecule has 110 valence electrons. The van der Waals surface area contributed by atoms with Crippen molar-refractivity contribution in [3.63, 3.8) is 0 Å². The highest BCUT2D eigenvalue weighted by atomic mass is 16.5. The molecule has 4 heteroatoms. The standard InChI is InChI=1S/C15H28N2O2/c1-5-11(4)13-15(18)17(14(16-13)10(2)3)12-7-6-8-19-9-12/h10-14,16H,5-9H2,1-4H3. The first-order valence-corrected chi connectivity index (χ1v) is 7.72. The third-order valence-electron chi connectivity index (χ3n) is 4.54. The van der Waals surface area contributed by atoms with Gasteiger partial charge in [0.15, 0.2) is 0 Å². The summed E-state index contributed by atoms with van der Waals surface area (Å²) >= 11 is 0. The van der Waals surface area contributed by atoms with E-state index in [1.54, 1.807) is 0 Å². The number of hydrogen-bond donors (Lipinski definition) is 1. The molecule has 0 radical (unpaired) electrons. The maximum atomic E-state index is 12.7. The van der Waals surface area contributed by atoms with Gasteiger partial charge in [0, 0.05) is 6.61 Å². The summed E-state index contributed by atoms with van der Waals surface area (Å²) in [6.07, 6.45) is 3.33. The predicted octanol–water partition coefficient (Wildman–Crippen LogP) is 1.99. The Morgan fingerprint density at radius 2 is 2.16 bits per heavy atom. The minimum atomic E-state index is -0.0145. The highest BCUT2D eigenvalue weighted by Gasteiger charge is 2.45. The van der Waals surface area contributed by atoms with Gasteiger partial charge in [-0.2, -0.15) is 0 Å². The minimum absolute atomic E-state index is 0.0145. The van der Waals surface area contributed by atoms with Crippen LogP contribution < -0.4 is 5.32 Å². The second-order valence-corrected chi connectivity index (χ2v) is 6.34. The largest absolute Gasteiger partial charge is 0.379 e. The second-order valence-electron chi connectivity index (χ2n) is 6.34. The van der Waals surface area contributed by atoms with E-state index >= 15 is 0 Å². The lowest BCUT2D eigenvalue weighted by atomic mass is 9.99. The van der Waals surface area contributed by atoms with E-state index in [1.807, 2.05) is 0 Å². The van der Waals surface area contributed by atoms with Gasteiger partial charge < -0.3 is 9.64 Å². The Labute approximate surface area is 116 Å². The second kappa shape index (κ2) is 6.23. The lowest BCUT2D eigenvalue weighted by molar-refractivity contribution is -0.136. The molecule has 1 N–H and O–H groups in total. The molecule has 2 aliphatic heterocycles. The Morgan fingerprint density at radius 3 is 2.68 bits per heavy atom. The van der Waals surface area contributed by atoms with E-state index in [2.05, 4.69) is 37.9 Å². The SMILES string of the molecule is CCC(C)C1NC(C(C)C)N(C2CCCOC2)C1=O. The predicted molar refractivity (Wildman–Crippen MR) is 75.7 cm³/mol. The number of carbonyl (C=O) groups excluding carboxylic acids is 1. The molecule has 0 aromatic carbocycles. The maximum absolute atomic E-state index is 12.7. The van der Waals surface area contributed by atoms with E-state index in [0.717, 1.165) is 25.9 Å². The van der Waals surface area contributed by atoms with Crippen LogP contribution in [0.3, 0.4) is 0 Å². The highest BCUT2D eigenvalue weighted by Crippen LogP contribution is 2.28. The van der Waals surface area contributed by atoms with Gasteiger partial charge in [0.2, 0.25) is 5.91 Å². The molecule has 2 rings (SSSR count). The van der Waals surface area contributed by atoms with Crippen LogP contribution in [0.1, 0.15) is 47.0 Å². The quantitative estimate of drug-likeness (QED) is 0.848. The molecule has 19 heavy (non-hydrogen) atoms. The molecule has 0 aromatic rings. The summed E-state index contributed by atoms with van der Waals surface area (Å²) in [5.74, 6) is 1.10. The molecular weight excluding hydrogens is 240 g/mol. The number of nitrogens with zero attached hydrogens (tertiary/aromatic N) is 1. The topological polar surface area (TPSA) is 41.6 Å². The average molecular weight is 268 g/mol. The van der Waals surface area contributed by atoms with Crippen LogP contribution in [0, 0.1) is 11.8 Å². The molecule has 4 nitrogen and oxygen atoms in total. The lowest BCUT2D eigenvalue weighted by Gasteiger charge is -2.36. The molecule has 0 saturated carbocycles. The Balaban J connectivity index is 2.15. The molecule has 0 bridgehead atoms. The molecule has 0 aromatic heterocycles. The van der Waals surface area contributed by atoms with Crippen LogP contribution in [0.2, 0.25) is 0 Å². The van der Waals surface area contributed by atoms with Crippen LogP contribution in [0.25, 0.3) is 0 Å². The van der Waals surface area contributed by atoms with Crippen LogP contribution in [0.15, 0.2) is 0 Å². The van der Waals surface area contributed by atoms with Gasteiger partial charge in [0.1, 0.15) is 0 Å². The van der Waals surface area contributed by atoms with Crippen molar-refractivity contribution < 1.29 is 9.53 Å². The van der Waals surface area contributed by atoms with Gasteiger partial charge in [0.05, 0.1) is 24.9 Å². The van der Waals surface area contributed by atoms with E-state index in [4.69, 9.17) is 4.74 Å². The van der Waals surface area contributed by atoms with Crippen molar-refractivity contribution >= 4 is 5.91 Å². The van der Waals surface area contributed by atoms with Gasteiger partial charge in [-0.15, -0.1) is 0 Å². The lowest BCUT2D eigenvalue weighted by Crippen LogP contribution is -2.50. The average Bonchev–Trinajstić information content (AvgIpc) is 2.77. The van der Waals surface area contributed by atoms with Gasteiger partial charge >= 0.3 is 0 Å². The van der Waals surface area contributed by atoms with Crippen LogP contribution >= 0.6 is 0 Å². The molecule has 1 amide bonds. The van der Waals surface area contributed by atoms with E-state index in [0.29, 0.717) is 18.4 Å². The first-order chi connectivity index (χ1) is 9.06. The molecular formula is C15H28N2O2. The zero-order valence-corrected chi connectivity index (χ0v) is 12.7.